The van der Waals surface area contributed by atoms with Crippen molar-refractivity contribution >= 4 is 40.4 Å². The lowest BCUT2D eigenvalue weighted by atomic mass is 10.1. The van der Waals surface area contributed by atoms with Crippen molar-refractivity contribution in [2.24, 2.45) is 0 Å². The summed E-state index contributed by atoms with van der Waals surface area (Å²) in [6, 6.07) is 7.95. The van der Waals surface area contributed by atoms with Crippen molar-refractivity contribution in [3.63, 3.8) is 0 Å². The molecule has 0 saturated heterocycles. The molecule has 0 unspecified atom stereocenters. The molecule has 10 heteroatoms. The monoisotopic (exact) mass is 443 g/mol. The van der Waals surface area contributed by atoms with Gasteiger partial charge in [0.2, 0.25) is 5.91 Å². The average molecular weight is 444 g/mol. The Morgan fingerprint density at radius 2 is 2.20 bits per heavy atom. The molecule has 2 heterocycles. The summed E-state index contributed by atoms with van der Waals surface area (Å²) >= 11 is 2.94. The minimum absolute atomic E-state index is 0.0765. The zero-order chi connectivity index (χ0) is 21.7. The van der Waals surface area contributed by atoms with Crippen LogP contribution in [-0.2, 0) is 11.3 Å². The van der Waals surface area contributed by atoms with Gasteiger partial charge in [-0.25, -0.2) is 0 Å². The van der Waals surface area contributed by atoms with Crippen molar-refractivity contribution in [1.82, 2.24) is 14.8 Å². The molecule has 1 aromatic carbocycles. The number of aromatic nitrogens is 3. The first-order chi connectivity index (χ1) is 14.4. The number of hydrogen-bond donors (Lipinski definition) is 1. The van der Waals surface area contributed by atoms with Gasteiger partial charge < -0.3 is 5.32 Å². The molecule has 0 spiro atoms. The smallest absolute Gasteiger partial charge is 0.271 e. The minimum atomic E-state index is -0.501. The molecule has 0 bridgehead atoms. The summed E-state index contributed by atoms with van der Waals surface area (Å²) in [6.45, 7) is 8.61. The van der Waals surface area contributed by atoms with Gasteiger partial charge in [-0.05, 0) is 18.1 Å². The number of nitrogens with zero attached hydrogens (tertiary/aromatic N) is 4. The third-order valence-electron chi connectivity index (χ3n) is 4.15. The van der Waals surface area contributed by atoms with E-state index in [1.807, 2.05) is 4.57 Å². The van der Waals surface area contributed by atoms with Crippen molar-refractivity contribution in [3.05, 3.63) is 63.4 Å². The van der Waals surface area contributed by atoms with Crippen molar-refractivity contribution in [2.45, 2.75) is 31.5 Å². The summed E-state index contributed by atoms with van der Waals surface area (Å²) in [5.74, 6) is 0.983. The minimum Gasteiger partial charge on any atom is -0.325 e. The van der Waals surface area contributed by atoms with Crippen LogP contribution in [0.1, 0.15) is 24.6 Å². The highest BCUT2D eigenvalue weighted by molar-refractivity contribution is 7.99. The fourth-order valence-electron chi connectivity index (χ4n) is 2.70. The van der Waals surface area contributed by atoms with Gasteiger partial charge in [0, 0.05) is 40.2 Å². The van der Waals surface area contributed by atoms with E-state index in [9.17, 15) is 14.9 Å². The molecular weight excluding hydrogens is 422 g/mol. The lowest BCUT2D eigenvalue weighted by molar-refractivity contribution is -0.384. The molecule has 2 aromatic heterocycles. The van der Waals surface area contributed by atoms with Gasteiger partial charge in [0.15, 0.2) is 11.0 Å². The van der Waals surface area contributed by atoms with Crippen molar-refractivity contribution < 1.29 is 9.72 Å². The average Bonchev–Trinajstić information content (AvgIpc) is 3.34. The predicted molar refractivity (Wildman–Crippen MR) is 120 cm³/mol. The molecule has 156 valence electrons. The van der Waals surface area contributed by atoms with E-state index in [2.05, 4.69) is 47.4 Å². The Morgan fingerprint density at radius 3 is 2.87 bits per heavy atom. The highest BCUT2D eigenvalue weighted by atomic mass is 32.2. The number of amides is 1. The maximum Gasteiger partial charge on any atom is 0.271 e. The van der Waals surface area contributed by atoms with Crippen LogP contribution in [-0.4, -0.2) is 31.3 Å². The zero-order valence-electron chi connectivity index (χ0n) is 16.6. The van der Waals surface area contributed by atoms with Gasteiger partial charge >= 0.3 is 0 Å². The molecule has 3 rings (SSSR count). The highest BCUT2D eigenvalue weighted by Gasteiger charge is 2.17. The SMILES string of the molecule is C=CCn1c(SCC(=O)Nc2cccc([N+](=O)[O-])c2)nnc1-c1csc(C(C)C)c1. The number of benzene rings is 1. The summed E-state index contributed by atoms with van der Waals surface area (Å²) in [7, 11) is 0. The fraction of sp³-hybridized carbons (Fsp3) is 0.250. The molecule has 0 aliphatic rings. The Labute approximate surface area is 182 Å². The largest absolute Gasteiger partial charge is 0.325 e. The number of nitro groups is 1. The topological polar surface area (TPSA) is 103 Å². The maximum atomic E-state index is 12.3. The van der Waals surface area contributed by atoms with Crippen molar-refractivity contribution in [2.75, 3.05) is 11.1 Å². The Morgan fingerprint density at radius 1 is 1.40 bits per heavy atom. The number of hydrogen-bond acceptors (Lipinski definition) is 7. The molecule has 0 aliphatic carbocycles. The Balaban J connectivity index is 1.71. The number of carbonyl (C=O) groups is 1. The Hall–Kier alpha value is -2.98. The lowest BCUT2D eigenvalue weighted by Crippen LogP contribution is -2.14. The zero-order valence-corrected chi connectivity index (χ0v) is 18.2. The van der Waals surface area contributed by atoms with Crippen LogP contribution in [0.25, 0.3) is 11.4 Å². The van der Waals surface area contributed by atoms with Gasteiger partial charge in [-0.3, -0.25) is 19.5 Å². The first kappa shape index (κ1) is 21.7. The van der Waals surface area contributed by atoms with E-state index in [4.69, 9.17) is 0 Å². The number of carbonyl (C=O) groups excluding carboxylic acids is 1. The molecule has 1 N–H and O–H groups in total. The third-order valence-corrected chi connectivity index (χ3v) is 6.35. The Kier molecular flexibility index (Phi) is 7.01. The molecule has 8 nitrogen and oxygen atoms in total. The second-order valence-corrected chi connectivity index (χ2v) is 8.63. The van der Waals surface area contributed by atoms with Crippen LogP contribution in [0, 0.1) is 10.1 Å². The van der Waals surface area contributed by atoms with E-state index >= 15 is 0 Å². The number of allylic oxidation sites excluding steroid dienone is 1. The molecule has 0 fully saturated rings. The molecule has 0 saturated carbocycles. The second kappa shape index (κ2) is 9.68. The first-order valence-corrected chi connectivity index (χ1v) is 11.1. The van der Waals surface area contributed by atoms with Crippen molar-refractivity contribution in [3.8, 4) is 11.4 Å². The molecule has 30 heavy (non-hydrogen) atoms. The van der Waals surface area contributed by atoms with E-state index in [1.165, 1.54) is 34.8 Å². The van der Waals surface area contributed by atoms with E-state index in [1.54, 1.807) is 23.5 Å². The fourth-order valence-corrected chi connectivity index (χ4v) is 4.35. The molecule has 0 radical (unpaired) electrons. The summed E-state index contributed by atoms with van der Waals surface area (Å²) in [4.78, 5) is 23.9. The molecule has 0 atom stereocenters. The molecule has 3 aromatic rings. The van der Waals surface area contributed by atoms with Gasteiger partial charge in [-0.15, -0.1) is 28.1 Å². The number of nitrogens with one attached hydrogen (secondary N) is 1. The standard InChI is InChI=1S/C20H21N5O3S2/c1-4-8-24-19(14-9-17(13(2)3)29-11-14)22-23-20(24)30-12-18(26)21-15-6-5-7-16(10-15)25(27)28/h4-7,9-11,13H,1,8,12H2,2-3H3,(H,21,26). The maximum absolute atomic E-state index is 12.3. The number of thiophene rings is 1. The highest BCUT2D eigenvalue weighted by Crippen LogP contribution is 2.31. The molecular formula is C20H21N5O3S2. The number of nitro benzene ring substituents is 1. The summed E-state index contributed by atoms with van der Waals surface area (Å²) in [5.41, 5.74) is 1.29. The number of thioether (sulfide) groups is 1. The lowest BCUT2D eigenvalue weighted by Gasteiger charge is -2.07. The van der Waals surface area contributed by atoms with Crippen LogP contribution < -0.4 is 5.32 Å². The van der Waals surface area contributed by atoms with E-state index in [-0.39, 0.29) is 17.3 Å². The van der Waals surface area contributed by atoms with Gasteiger partial charge in [0.25, 0.3) is 5.69 Å². The molecule has 0 aliphatic heterocycles. The number of non-ortho nitro benzene ring substituents is 1. The summed E-state index contributed by atoms with van der Waals surface area (Å²) in [6.07, 6.45) is 1.76. The third kappa shape index (κ3) is 5.14. The van der Waals surface area contributed by atoms with Crippen LogP contribution in [0.5, 0.6) is 0 Å². The predicted octanol–water partition coefficient (Wildman–Crippen LogP) is 4.96. The van der Waals surface area contributed by atoms with Crippen LogP contribution in [0.3, 0.4) is 0 Å². The van der Waals surface area contributed by atoms with Gasteiger partial charge in [-0.2, -0.15) is 0 Å². The number of anilines is 1. The van der Waals surface area contributed by atoms with Crippen LogP contribution in [0.2, 0.25) is 0 Å². The van der Waals surface area contributed by atoms with E-state index < -0.39 is 4.92 Å². The van der Waals surface area contributed by atoms with Crippen LogP contribution in [0.15, 0.2) is 53.5 Å². The number of rotatable bonds is 9. The first-order valence-electron chi connectivity index (χ1n) is 9.19. The summed E-state index contributed by atoms with van der Waals surface area (Å²) < 4.78 is 1.92. The van der Waals surface area contributed by atoms with Gasteiger partial charge in [-0.1, -0.05) is 37.8 Å². The van der Waals surface area contributed by atoms with Crippen LogP contribution >= 0.6 is 23.1 Å². The van der Waals surface area contributed by atoms with Crippen LogP contribution in [0.4, 0.5) is 11.4 Å². The normalized spacial score (nSPS) is 10.9. The van der Waals surface area contributed by atoms with Gasteiger partial charge in [0.05, 0.1) is 10.7 Å². The molecule has 1 amide bonds. The second-order valence-electron chi connectivity index (χ2n) is 6.74. The van der Waals surface area contributed by atoms with E-state index in [0.717, 1.165) is 11.4 Å². The van der Waals surface area contributed by atoms with Gasteiger partial charge in [0.1, 0.15) is 0 Å². The van der Waals surface area contributed by atoms with E-state index in [0.29, 0.717) is 23.3 Å². The Bertz CT molecular complexity index is 1070. The van der Waals surface area contributed by atoms with Crippen molar-refractivity contribution in [1.29, 1.82) is 0 Å². The summed E-state index contributed by atoms with van der Waals surface area (Å²) in [5, 5.41) is 24.8. The quantitative estimate of drug-likeness (QED) is 0.217.